The molecule has 2 aromatic rings. The summed E-state index contributed by atoms with van der Waals surface area (Å²) in [5, 5.41) is 6.60. The van der Waals surface area contributed by atoms with Gasteiger partial charge in [0.25, 0.3) is 0 Å². The van der Waals surface area contributed by atoms with E-state index in [1.54, 1.807) is 0 Å². The molecule has 0 unspecified atom stereocenters. The molecule has 2 aliphatic rings. The third kappa shape index (κ3) is 2.33. The summed E-state index contributed by atoms with van der Waals surface area (Å²) in [6.45, 7) is 2.22. The van der Waals surface area contributed by atoms with Crippen LogP contribution < -0.4 is 10.6 Å². The molecule has 0 aromatic heterocycles. The van der Waals surface area contributed by atoms with Crippen molar-refractivity contribution in [2.24, 2.45) is 0 Å². The van der Waals surface area contributed by atoms with Gasteiger partial charge >= 0.3 is 0 Å². The molecule has 0 saturated carbocycles. The van der Waals surface area contributed by atoms with E-state index >= 15 is 0 Å². The summed E-state index contributed by atoms with van der Waals surface area (Å²) in [5.41, 5.74) is 5.55. The predicted molar refractivity (Wildman–Crippen MR) is 77.3 cm³/mol. The fraction of sp³-hybridized carbons (Fsp3) is 0.250. The first-order valence-electron chi connectivity index (χ1n) is 6.57. The monoisotopic (exact) mass is 238 g/mol. The average Bonchev–Trinajstić information content (AvgIpc) is 3.08. The van der Waals surface area contributed by atoms with Crippen LogP contribution in [0.1, 0.15) is 11.1 Å². The number of anilines is 2. The van der Waals surface area contributed by atoms with Crippen LogP contribution in [0.2, 0.25) is 0 Å². The fourth-order valence-electron chi connectivity index (χ4n) is 2.49. The molecule has 2 N–H and O–H groups in total. The minimum absolute atomic E-state index is 1.11. The zero-order chi connectivity index (χ0) is 12.2. The average molecular weight is 238 g/mol. The summed E-state index contributed by atoms with van der Waals surface area (Å²) in [7, 11) is 0. The van der Waals surface area contributed by atoms with E-state index < -0.39 is 0 Å². The maximum absolute atomic E-state index is 3.30. The number of para-hydroxylation sites is 2. The molecule has 0 fully saturated rings. The Morgan fingerprint density at radius 2 is 1.06 bits per heavy atom. The van der Waals surface area contributed by atoms with Gasteiger partial charge in [-0.3, -0.25) is 0 Å². The number of rotatable bonds is 0. The second kappa shape index (κ2) is 5.13. The summed E-state index contributed by atoms with van der Waals surface area (Å²) in [6.07, 6.45) is 2.38. The molecule has 18 heavy (non-hydrogen) atoms. The molecule has 2 heteroatoms. The molecule has 0 aliphatic carbocycles. The summed E-state index contributed by atoms with van der Waals surface area (Å²) >= 11 is 0. The van der Waals surface area contributed by atoms with Crippen molar-refractivity contribution in [3.8, 4) is 0 Å². The van der Waals surface area contributed by atoms with Gasteiger partial charge in [-0.25, -0.2) is 0 Å². The second-order valence-electron chi connectivity index (χ2n) is 4.67. The minimum atomic E-state index is 1.11. The fourth-order valence-corrected chi connectivity index (χ4v) is 2.49. The third-order valence-corrected chi connectivity index (χ3v) is 3.45. The van der Waals surface area contributed by atoms with Crippen molar-refractivity contribution in [2.45, 2.75) is 12.8 Å². The zero-order valence-electron chi connectivity index (χ0n) is 10.4. The van der Waals surface area contributed by atoms with Crippen LogP contribution in [0.4, 0.5) is 11.4 Å². The van der Waals surface area contributed by atoms with E-state index in [4.69, 9.17) is 0 Å². The van der Waals surface area contributed by atoms with Gasteiger partial charge in [-0.05, 0) is 36.1 Å². The highest BCUT2D eigenvalue weighted by Crippen LogP contribution is 2.20. The summed E-state index contributed by atoms with van der Waals surface area (Å²) in [5.74, 6) is 0. The van der Waals surface area contributed by atoms with E-state index in [9.17, 15) is 0 Å². The second-order valence-corrected chi connectivity index (χ2v) is 4.67. The van der Waals surface area contributed by atoms with Crippen molar-refractivity contribution in [3.05, 3.63) is 59.7 Å². The van der Waals surface area contributed by atoms with Crippen molar-refractivity contribution in [1.29, 1.82) is 0 Å². The van der Waals surface area contributed by atoms with Crippen LogP contribution in [0, 0.1) is 0 Å². The van der Waals surface area contributed by atoms with Crippen molar-refractivity contribution >= 4 is 11.4 Å². The number of fused-ring (bicyclic) bond motifs is 2. The lowest BCUT2D eigenvalue weighted by Crippen LogP contribution is -1.90. The van der Waals surface area contributed by atoms with Crippen molar-refractivity contribution in [1.82, 2.24) is 0 Å². The highest BCUT2D eigenvalue weighted by atomic mass is 14.9. The SMILES string of the molecule is c1ccc2c(c1)CCN2.c1ccc2c(c1)CCN2. The first kappa shape index (κ1) is 11.1. The standard InChI is InChI=1S/2C8H9N/c2*1-2-4-8-7(3-1)5-6-9-8/h2*1-4,9H,5-6H2. The van der Waals surface area contributed by atoms with Crippen molar-refractivity contribution in [3.63, 3.8) is 0 Å². The lowest BCUT2D eigenvalue weighted by Gasteiger charge is -1.94. The molecule has 4 rings (SSSR count). The van der Waals surface area contributed by atoms with E-state index in [0.717, 1.165) is 13.1 Å². The van der Waals surface area contributed by atoms with Gasteiger partial charge in [0.2, 0.25) is 0 Å². The van der Waals surface area contributed by atoms with Crippen LogP contribution in [0.3, 0.4) is 0 Å². The Balaban J connectivity index is 0.000000111. The van der Waals surface area contributed by atoms with Crippen LogP contribution in [-0.4, -0.2) is 13.1 Å². The van der Waals surface area contributed by atoms with Gasteiger partial charge in [0.05, 0.1) is 0 Å². The van der Waals surface area contributed by atoms with Gasteiger partial charge in [0, 0.05) is 24.5 Å². The molecule has 0 spiro atoms. The smallest absolute Gasteiger partial charge is 0.0373 e. The maximum atomic E-state index is 3.30. The van der Waals surface area contributed by atoms with Crippen molar-refractivity contribution < 1.29 is 0 Å². The Labute approximate surface area is 108 Å². The van der Waals surface area contributed by atoms with Crippen LogP contribution in [0.15, 0.2) is 48.5 Å². The Kier molecular flexibility index (Phi) is 3.18. The van der Waals surface area contributed by atoms with Gasteiger partial charge in [0.15, 0.2) is 0 Å². The third-order valence-electron chi connectivity index (χ3n) is 3.45. The molecule has 2 nitrogen and oxygen atoms in total. The van der Waals surface area contributed by atoms with E-state index in [2.05, 4.69) is 59.2 Å². The van der Waals surface area contributed by atoms with Gasteiger partial charge in [-0.15, -0.1) is 0 Å². The Morgan fingerprint density at radius 1 is 0.611 bits per heavy atom. The molecule has 2 aliphatic heterocycles. The largest absolute Gasteiger partial charge is 0.384 e. The molecule has 92 valence electrons. The molecule has 0 amide bonds. The lowest BCUT2D eigenvalue weighted by atomic mass is 10.2. The van der Waals surface area contributed by atoms with E-state index in [1.165, 1.54) is 35.3 Å². The van der Waals surface area contributed by atoms with Gasteiger partial charge in [0.1, 0.15) is 0 Å². The van der Waals surface area contributed by atoms with Crippen LogP contribution in [0.5, 0.6) is 0 Å². The van der Waals surface area contributed by atoms with Gasteiger partial charge in [-0.2, -0.15) is 0 Å². The van der Waals surface area contributed by atoms with Gasteiger partial charge < -0.3 is 10.6 Å². The van der Waals surface area contributed by atoms with E-state index in [0.29, 0.717) is 0 Å². The Bertz CT molecular complexity index is 439. The first-order chi connectivity index (χ1) is 8.93. The Morgan fingerprint density at radius 3 is 1.50 bits per heavy atom. The normalized spacial score (nSPS) is 14.7. The van der Waals surface area contributed by atoms with E-state index in [1.807, 2.05) is 0 Å². The van der Waals surface area contributed by atoms with Crippen LogP contribution in [-0.2, 0) is 12.8 Å². The number of hydrogen-bond donors (Lipinski definition) is 2. The first-order valence-corrected chi connectivity index (χ1v) is 6.57. The summed E-state index contributed by atoms with van der Waals surface area (Å²) in [6, 6.07) is 16.9. The van der Waals surface area contributed by atoms with E-state index in [-0.39, 0.29) is 0 Å². The molecule has 2 heterocycles. The summed E-state index contributed by atoms with van der Waals surface area (Å²) in [4.78, 5) is 0. The summed E-state index contributed by atoms with van der Waals surface area (Å²) < 4.78 is 0. The quantitative estimate of drug-likeness (QED) is 0.736. The van der Waals surface area contributed by atoms with Crippen LogP contribution in [0.25, 0.3) is 0 Å². The van der Waals surface area contributed by atoms with Crippen molar-refractivity contribution in [2.75, 3.05) is 23.7 Å². The predicted octanol–water partition coefficient (Wildman–Crippen LogP) is 3.31. The molecule has 0 saturated heterocycles. The number of nitrogens with one attached hydrogen (secondary N) is 2. The number of hydrogen-bond acceptors (Lipinski definition) is 2. The molecule has 0 bridgehead atoms. The highest BCUT2D eigenvalue weighted by molar-refractivity contribution is 5.55. The topological polar surface area (TPSA) is 24.1 Å². The molecule has 0 atom stereocenters. The lowest BCUT2D eigenvalue weighted by molar-refractivity contribution is 1.11. The zero-order valence-corrected chi connectivity index (χ0v) is 10.4. The minimum Gasteiger partial charge on any atom is -0.384 e. The van der Waals surface area contributed by atoms with Crippen LogP contribution >= 0.6 is 0 Å². The molecule has 2 aromatic carbocycles. The molecule has 0 radical (unpaired) electrons. The maximum Gasteiger partial charge on any atom is 0.0373 e. The van der Waals surface area contributed by atoms with Gasteiger partial charge in [-0.1, -0.05) is 36.4 Å². The molecular formula is C16H18N2. The highest BCUT2D eigenvalue weighted by Gasteiger charge is 2.06. The molecular weight excluding hydrogens is 220 g/mol. The Hall–Kier alpha value is -1.96. The number of benzene rings is 2.